The second-order valence-electron chi connectivity index (χ2n) is 4.00. The molecule has 0 unspecified atom stereocenters. The highest BCUT2D eigenvalue weighted by molar-refractivity contribution is 5.51. The first kappa shape index (κ1) is 12.6. The van der Waals surface area contributed by atoms with Gasteiger partial charge in [-0.25, -0.2) is 0 Å². The van der Waals surface area contributed by atoms with Crippen LogP contribution in [0.15, 0.2) is 48.8 Å². The Hall–Kier alpha value is -1.87. The monoisotopic (exact) mass is 242 g/mol. The van der Waals surface area contributed by atoms with Crippen molar-refractivity contribution in [1.82, 2.24) is 4.98 Å². The lowest BCUT2D eigenvalue weighted by molar-refractivity contribution is 0.134. The molecule has 94 valence electrons. The maximum absolute atomic E-state index is 5.46. The van der Waals surface area contributed by atoms with E-state index in [4.69, 9.17) is 4.74 Å². The molecule has 0 amide bonds. The van der Waals surface area contributed by atoms with E-state index in [1.54, 1.807) is 0 Å². The van der Waals surface area contributed by atoms with E-state index in [0.29, 0.717) is 6.61 Å². The van der Waals surface area contributed by atoms with E-state index in [9.17, 15) is 0 Å². The van der Waals surface area contributed by atoms with Crippen LogP contribution in [0.4, 0.5) is 5.69 Å². The third-order valence-corrected chi connectivity index (χ3v) is 2.71. The van der Waals surface area contributed by atoms with Gasteiger partial charge in [0.05, 0.1) is 6.61 Å². The van der Waals surface area contributed by atoms with Crippen molar-refractivity contribution in [3.8, 4) is 0 Å². The molecule has 0 fully saturated rings. The van der Waals surface area contributed by atoms with Gasteiger partial charge in [-0.1, -0.05) is 18.2 Å². The molecule has 18 heavy (non-hydrogen) atoms. The fourth-order valence-corrected chi connectivity index (χ4v) is 1.73. The van der Waals surface area contributed by atoms with Crippen molar-refractivity contribution in [3.63, 3.8) is 0 Å². The SMILES string of the molecule is CCOCc1ccccc1NCc1ccncc1. The van der Waals surface area contributed by atoms with Crippen molar-refractivity contribution in [2.24, 2.45) is 0 Å². The summed E-state index contributed by atoms with van der Waals surface area (Å²) in [5.74, 6) is 0. The number of anilines is 1. The van der Waals surface area contributed by atoms with Crippen molar-refractivity contribution in [1.29, 1.82) is 0 Å². The predicted octanol–water partition coefficient (Wildman–Crippen LogP) is 3.23. The quantitative estimate of drug-likeness (QED) is 0.844. The smallest absolute Gasteiger partial charge is 0.0736 e. The average molecular weight is 242 g/mol. The van der Waals surface area contributed by atoms with Crippen molar-refractivity contribution in [2.75, 3.05) is 11.9 Å². The topological polar surface area (TPSA) is 34.1 Å². The number of nitrogens with zero attached hydrogens (tertiary/aromatic N) is 1. The minimum atomic E-state index is 0.649. The Bertz CT molecular complexity index is 471. The Labute approximate surface area is 108 Å². The third kappa shape index (κ3) is 3.57. The number of ether oxygens (including phenoxy) is 1. The second-order valence-corrected chi connectivity index (χ2v) is 4.00. The van der Waals surface area contributed by atoms with Crippen molar-refractivity contribution in [2.45, 2.75) is 20.1 Å². The highest BCUT2D eigenvalue weighted by atomic mass is 16.5. The lowest BCUT2D eigenvalue weighted by atomic mass is 10.2. The molecule has 0 atom stereocenters. The summed E-state index contributed by atoms with van der Waals surface area (Å²) in [6, 6.07) is 12.3. The van der Waals surface area contributed by atoms with E-state index in [1.807, 2.05) is 43.6 Å². The Morgan fingerprint density at radius 1 is 1.11 bits per heavy atom. The van der Waals surface area contributed by atoms with Gasteiger partial charge < -0.3 is 10.1 Å². The molecule has 1 aromatic carbocycles. The van der Waals surface area contributed by atoms with E-state index < -0.39 is 0 Å². The first-order valence-electron chi connectivity index (χ1n) is 6.18. The van der Waals surface area contributed by atoms with Crippen LogP contribution in [-0.2, 0) is 17.9 Å². The van der Waals surface area contributed by atoms with Crippen LogP contribution in [0.25, 0.3) is 0 Å². The molecule has 1 N–H and O–H groups in total. The molecule has 0 spiro atoms. The molecule has 3 heteroatoms. The number of pyridine rings is 1. The number of aromatic nitrogens is 1. The van der Waals surface area contributed by atoms with Gasteiger partial charge in [0.1, 0.15) is 0 Å². The van der Waals surface area contributed by atoms with E-state index in [0.717, 1.165) is 18.8 Å². The van der Waals surface area contributed by atoms with Gasteiger partial charge in [0.25, 0.3) is 0 Å². The van der Waals surface area contributed by atoms with Crippen LogP contribution in [0.1, 0.15) is 18.1 Å². The fraction of sp³-hybridized carbons (Fsp3) is 0.267. The molecular formula is C15H18N2O. The third-order valence-electron chi connectivity index (χ3n) is 2.71. The summed E-state index contributed by atoms with van der Waals surface area (Å²) in [7, 11) is 0. The van der Waals surface area contributed by atoms with Gasteiger partial charge in [0.2, 0.25) is 0 Å². The van der Waals surface area contributed by atoms with Crippen LogP contribution in [0.5, 0.6) is 0 Å². The maximum atomic E-state index is 5.46. The van der Waals surface area contributed by atoms with E-state index in [2.05, 4.69) is 22.4 Å². The number of hydrogen-bond acceptors (Lipinski definition) is 3. The van der Waals surface area contributed by atoms with Gasteiger partial charge in [0.15, 0.2) is 0 Å². The zero-order valence-corrected chi connectivity index (χ0v) is 10.6. The number of nitrogens with one attached hydrogen (secondary N) is 1. The molecule has 0 saturated carbocycles. The van der Waals surface area contributed by atoms with Crippen molar-refractivity contribution < 1.29 is 4.74 Å². The fourth-order valence-electron chi connectivity index (χ4n) is 1.73. The maximum Gasteiger partial charge on any atom is 0.0736 e. The molecular weight excluding hydrogens is 224 g/mol. The standard InChI is InChI=1S/C15H18N2O/c1-2-18-12-14-5-3-4-6-15(14)17-11-13-7-9-16-10-8-13/h3-10,17H,2,11-12H2,1H3. The van der Waals surface area contributed by atoms with Crippen molar-refractivity contribution in [3.05, 3.63) is 59.9 Å². The van der Waals surface area contributed by atoms with E-state index in [-0.39, 0.29) is 0 Å². The molecule has 2 rings (SSSR count). The van der Waals surface area contributed by atoms with Gasteiger partial charge in [-0.15, -0.1) is 0 Å². The van der Waals surface area contributed by atoms with E-state index >= 15 is 0 Å². The minimum Gasteiger partial charge on any atom is -0.381 e. The highest BCUT2D eigenvalue weighted by Gasteiger charge is 2.01. The van der Waals surface area contributed by atoms with E-state index in [1.165, 1.54) is 11.1 Å². The lowest BCUT2D eigenvalue weighted by Crippen LogP contribution is -2.03. The van der Waals surface area contributed by atoms with Gasteiger partial charge >= 0.3 is 0 Å². The molecule has 1 aromatic heterocycles. The molecule has 0 aliphatic carbocycles. The number of benzene rings is 1. The molecule has 0 aliphatic rings. The zero-order chi connectivity index (χ0) is 12.6. The summed E-state index contributed by atoms with van der Waals surface area (Å²) in [6.07, 6.45) is 3.62. The second kappa shape index (κ2) is 6.77. The summed E-state index contributed by atoms with van der Waals surface area (Å²) >= 11 is 0. The minimum absolute atomic E-state index is 0.649. The van der Waals surface area contributed by atoms with Crippen LogP contribution in [0, 0.1) is 0 Å². The largest absolute Gasteiger partial charge is 0.381 e. The van der Waals surface area contributed by atoms with Crippen LogP contribution < -0.4 is 5.32 Å². The Kier molecular flexibility index (Phi) is 4.73. The normalized spacial score (nSPS) is 10.3. The molecule has 3 nitrogen and oxygen atoms in total. The molecule has 0 radical (unpaired) electrons. The van der Waals surface area contributed by atoms with Gasteiger partial charge in [-0.3, -0.25) is 4.98 Å². The van der Waals surface area contributed by atoms with Crippen LogP contribution >= 0.6 is 0 Å². The Balaban J connectivity index is 2.00. The van der Waals surface area contributed by atoms with Crippen LogP contribution in [0.2, 0.25) is 0 Å². The van der Waals surface area contributed by atoms with Gasteiger partial charge in [-0.05, 0) is 30.7 Å². The first-order chi connectivity index (χ1) is 8.90. The summed E-state index contributed by atoms with van der Waals surface area (Å²) < 4.78 is 5.46. The lowest BCUT2D eigenvalue weighted by Gasteiger charge is -2.11. The number of para-hydroxylation sites is 1. The average Bonchev–Trinajstić information content (AvgIpc) is 2.45. The summed E-state index contributed by atoms with van der Waals surface area (Å²) in [6.45, 7) is 4.19. The zero-order valence-electron chi connectivity index (χ0n) is 10.6. The first-order valence-corrected chi connectivity index (χ1v) is 6.18. The highest BCUT2D eigenvalue weighted by Crippen LogP contribution is 2.17. The molecule has 0 saturated heterocycles. The molecule has 1 heterocycles. The number of hydrogen-bond donors (Lipinski definition) is 1. The predicted molar refractivity (Wildman–Crippen MR) is 73.3 cm³/mol. The molecule has 2 aromatic rings. The summed E-state index contributed by atoms with van der Waals surface area (Å²) in [4.78, 5) is 4.01. The van der Waals surface area contributed by atoms with Crippen LogP contribution in [0.3, 0.4) is 0 Å². The summed E-state index contributed by atoms with van der Waals surface area (Å²) in [5.41, 5.74) is 3.53. The summed E-state index contributed by atoms with van der Waals surface area (Å²) in [5, 5.41) is 3.43. The molecule has 0 aliphatic heterocycles. The Morgan fingerprint density at radius 3 is 2.67 bits per heavy atom. The van der Waals surface area contributed by atoms with Gasteiger partial charge in [-0.2, -0.15) is 0 Å². The number of rotatable bonds is 6. The van der Waals surface area contributed by atoms with Crippen molar-refractivity contribution >= 4 is 5.69 Å². The van der Waals surface area contributed by atoms with Crippen LogP contribution in [-0.4, -0.2) is 11.6 Å². The van der Waals surface area contributed by atoms with Gasteiger partial charge in [0, 0.05) is 36.8 Å². The molecule has 0 bridgehead atoms. The Morgan fingerprint density at radius 2 is 1.89 bits per heavy atom.